The molecule has 0 aromatic heterocycles. The zero-order chi connectivity index (χ0) is 17.7. The minimum atomic E-state index is -0.770. The van der Waals surface area contributed by atoms with Crippen LogP contribution in [0.15, 0.2) is 91.0 Å². The molecule has 0 radical (unpaired) electrons. The van der Waals surface area contributed by atoms with E-state index >= 15 is 0 Å². The van der Waals surface area contributed by atoms with Crippen LogP contribution in [-0.2, 0) is 10.2 Å². The molecule has 3 aromatic carbocycles. The summed E-state index contributed by atoms with van der Waals surface area (Å²) in [5, 5.41) is 0. The van der Waals surface area contributed by atoms with Crippen molar-refractivity contribution in [3.05, 3.63) is 108 Å². The highest BCUT2D eigenvalue weighted by Crippen LogP contribution is 2.41. The average molecular weight is 328 g/mol. The Morgan fingerprint density at radius 2 is 1.00 bits per heavy atom. The standard InChI is InChI=1S/C24H24O/c1-19(2)18-23(25)24(20-12-6-3-7-13-20,21-14-8-4-9-15-21)22-16-10-5-11-17-22/h3-17,19H,18H2,1-2H3. The topological polar surface area (TPSA) is 17.1 Å². The van der Waals surface area contributed by atoms with Crippen LogP contribution in [0.4, 0.5) is 0 Å². The SMILES string of the molecule is CC(C)CC(=O)C(c1ccccc1)(c1ccccc1)c1ccccc1. The van der Waals surface area contributed by atoms with E-state index < -0.39 is 5.41 Å². The lowest BCUT2D eigenvalue weighted by atomic mass is 9.65. The van der Waals surface area contributed by atoms with Crippen LogP contribution < -0.4 is 0 Å². The predicted molar refractivity (Wildman–Crippen MR) is 104 cm³/mol. The molecule has 0 aliphatic heterocycles. The molecule has 0 amide bonds. The van der Waals surface area contributed by atoms with Crippen molar-refractivity contribution in [1.82, 2.24) is 0 Å². The molecule has 0 N–H and O–H groups in total. The lowest BCUT2D eigenvalue weighted by Gasteiger charge is -2.35. The zero-order valence-electron chi connectivity index (χ0n) is 14.9. The van der Waals surface area contributed by atoms with Crippen molar-refractivity contribution in [2.24, 2.45) is 5.92 Å². The summed E-state index contributed by atoms with van der Waals surface area (Å²) in [6, 6.07) is 30.5. The van der Waals surface area contributed by atoms with Crippen LogP contribution in [0.5, 0.6) is 0 Å². The minimum absolute atomic E-state index is 0.242. The Balaban J connectivity index is 2.34. The average Bonchev–Trinajstić information content (AvgIpc) is 2.64. The summed E-state index contributed by atoms with van der Waals surface area (Å²) < 4.78 is 0. The van der Waals surface area contributed by atoms with Crippen molar-refractivity contribution in [3.8, 4) is 0 Å². The summed E-state index contributed by atoms with van der Waals surface area (Å²) in [6.45, 7) is 4.20. The van der Waals surface area contributed by atoms with Crippen LogP contribution in [0.1, 0.15) is 37.0 Å². The monoisotopic (exact) mass is 328 g/mol. The molecule has 0 spiro atoms. The summed E-state index contributed by atoms with van der Waals surface area (Å²) in [5.74, 6) is 0.550. The van der Waals surface area contributed by atoms with Gasteiger partial charge < -0.3 is 0 Å². The Bertz CT molecular complexity index is 708. The molecule has 25 heavy (non-hydrogen) atoms. The smallest absolute Gasteiger partial charge is 0.152 e. The molecule has 0 heterocycles. The van der Waals surface area contributed by atoms with Crippen LogP contribution >= 0.6 is 0 Å². The molecule has 126 valence electrons. The quantitative estimate of drug-likeness (QED) is 0.535. The number of carbonyl (C=O) groups is 1. The summed E-state index contributed by atoms with van der Waals surface area (Å²) in [6.07, 6.45) is 0.540. The van der Waals surface area contributed by atoms with E-state index in [0.717, 1.165) is 16.7 Å². The fourth-order valence-electron chi connectivity index (χ4n) is 3.57. The molecular formula is C24H24O. The van der Waals surface area contributed by atoms with Gasteiger partial charge in [0, 0.05) is 6.42 Å². The number of carbonyl (C=O) groups excluding carboxylic acids is 1. The van der Waals surface area contributed by atoms with Crippen molar-refractivity contribution in [1.29, 1.82) is 0 Å². The Kier molecular flexibility index (Phi) is 5.14. The van der Waals surface area contributed by atoms with Gasteiger partial charge in [0.2, 0.25) is 0 Å². The van der Waals surface area contributed by atoms with Gasteiger partial charge in [-0.05, 0) is 22.6 Å². The fourth-order valence-corrected chi connectivity index (χ4v) is 3.57. The largest absolute Gasteiger partial charge is 0.298 e. The normalized spacial score (nSPS) is 11.5. The number of Topliss-reactive ketones (excluding diaryl/α,β-unsaturated/α-hetero) is 1. The Hall–Kier alpha value is -2.67. The number of hydrogen-bond acceptors (Lipinski definition) is 1. The predicted octanol–water partition coefficient (Wildman–Crippen LogP) is 5.64. The Labute approximate surface area is 150 Å². The lowest BCUT2D eigenvalue weighted by molar-refractivity contribution is -0.122. The van der Waals surface area contributed by atoms with E-state index in [4.69, 9.17) is 0 Å². The zero-order valence-corrected chi connectivity index (χ0v) is 14.9. The van der Waals surface area contributed by atoms with Crippen LogP contribution in [-0.4, -0.2) is 5.78 Å². The molecule has 0 bridgehead atoms. The van der Waals surface area contributed by atoms with Crippen LogP contribution in [0.25, 0.3) is 0 Å². The van der Waals surface area contributed by atoms with E-state index in [1.165, 1.54) is 0 Å². The molecule has 1 nitrogen and oxygen atoms in total. The molecular weight excluding hydrogens is 304 g/mol. The molecule has 0 fully saturated rings. The maximum Gasteiger partial charge on any atom is 0.152 e. The van der Waals surface area contributed by atoms with Gasteiger partial charge in [-0.25, -0.2) is 0 Å². The van der Waals surface area contributed by atoms with Crippen molar-refractivity contribution < 1.29 is 4.79 Å². The summed E-state index contributed by atoms with van der Waals surface area (Å²) >= 11 is 0. The second kappa shape index (κ2) is 7.48. The van der Waals surface area contributed by atoms with E-state index in [0.29, 0.717) is 12.3 Å². The van der Waals surface area contributed by atoms with Gasteiger partial charge in [-0.3, -0.25) is 4.79 Å². The van der Waals surface area contributed by atoms with Crippen molar-refractivity contribution in [2.75, 3.05) is 0 Å². The van der Waals surface area contributed by atoms with E-state index in [1.54, 1.807) is 0 Å². The van der Waals surface area contributed by atoms with Gasteiger partial charge in [-0.2, -0.15) is 0 Å². The Morgan fingerprint density at radius 3 is 1.28 bits per heavy atom. The van der Waals surface area contributed by atoms with Gasteiger partial charge in [0.05, 0.1) is 0 Å². The maximum absolute atomic E-state index is 13.7. The summed E-state index contributed by atoms with van der Waals surface area (Å²) in [5.41, 5.74) is 2.31. The number of benzene rings is 3. The van der Waals surface area contributed by atoms with Crippen molar-refractivity contribution in [2.45, 2.75) is 25.7 Å². The first-order valence-corrected chi connectivity index (χ1v) is 8.85. The first-order chi connectivity index (χ1) is 12.2. The van der Waals surface area contributed by atoms with E-state index in [-0.39, 0.29) is 5.78 Å². The van der Waals surface area contributed by atoms with Gasteiger partial charge in [0.25, 0.3) is 0 Å². The molecule has 3 rings (SSSR count). The van der Waals surface area contributed by atoms with Gasteiger partial charge in [0.1, 0.15) is 5.41 Å². The molecule has 0 saturated heterocycles. The number of ketones is 1. The highest BCUT2D eigenvalue weighted by atomic mass is 16.1. The van der Waals surface area contributed by atoms with Gasteiger partial charge in [-0.15, -0.1) is 0 Å². The minimum Gasteiger partial charge on any atom is -0.298 e. The van der Waals surface area contributed by atoms with Gasteiger partial charge in [0.15, 0.2) is 5.78 Å². The molecule has 0 aliphatic carbocycles. The van der Waals surface area contributed by atoms with Crippen molar-refractivity contribution >= 4 is 5.78 Å². The third-order valence-corrected chi connectivity index (χ3v) is 4.63. The number of hydrogen-bond donors (Lipinski definition) is 0. The first kappa shape index (κ1) is 17.2. The molecule has 0 atom stereocenters. The van der Waals surface area contributed by atoms with Crippen LogP contribution in [0.3, 0.4) is 0 Å². The molecule has 1 heteroatoms. The maximum atomic E-state index is 13.7. The second-order valence-electron chi connectivity index (χ2n) is 6.87. The molecule has 3 aromatic rings. The summed E-state index contributed by atoms with van der Waals surface area (Å²) in [4.78, 5) is 13.7. The molecule has 0 saturated carbocycles. The highest BCUT2D eigenvalue weighted by Gasteiger charge is 2.42. The van der Waals surface area contributed by atoms with E-state index in [9.17, 15) is 4.79 Å². The van der Waals surface area contributed by atoms with Gasteiger partial charge in [-0.1, -0.05) is 105 Å². The number of rotatable bonds is 6. The van der Waals surface area contributed by atoms with Crippen LogP contribution in [0.2, 0.25) is 0 Å². The molecule has 0 aliphatic rings. The van der Waals surface area contributed by atoms with Gasteiger partial charge >= 0.3 is 0 Å². The highest BCUT2D eigenvalue weighted by molar-refractivity contribution is 5.97. The lowest BCUT2D eigenvalue weighted by Crippen LogP contribution is -2.39. The fraction of sp³-hybridized carbons (Fsp3) is 0.208. The second-order valence-corrected chi connectivity index (χ2v) is 6.87. The van der Waals surface area contributed by atoms with E-state index in [2.05, 4.69) is 50.2 Å². The van der Waals surface area contributed by atoms with E-state index in [1.807, 2.05) is 54.6 Å². The third kappa shape index (κ3) is 3.28. The van der Waals surface area contributed by atoms with Crippen molar-refractivity contribution in [3.63, 3.8) is 0 Å². The Morgan fingerprint density at radius 1 is 0.680 bits per heavy atom. The van der Waals surface area contributed by atoms with Crippen LogP contribution in [0, 0.1) is 5.92 Å². The third-order valence-electron chi connectivity index (χ3n) is 4.63. The first-order valence-electron chi connectivity index (χ1n) is 8.85. The molecule has 0 unspecified atom stereocenters. The summed E-state index contributed by atoms with van der Waals surface area (Å²) in [7, 11) is 0.